The highest BCUT2D eigenvalue weighted by Crippen LogP contribution is 2.29. The molecule has 0 aliphatic heterocycles. The van der Waals surface area contributed by atoms with Gasteiger partial charge in [-0.15, -0.1) is 11.3 Å². The molecule has 0 radical (unpaired) electrons. The standard InChI is InChI=1S/C19H13FIN7OS/c1-9(26-17-15-16(23-7-22-15)24-8-25-17)14-13(10-3-2-4-11(20)5-10)18(29)28-12(21)6-30-19(28)27-14/h2-9H,1H3,(H2,22,23,24,25,26). The van der Waals surface area contributed by atoms with E-state index >= 15 is 0 Å². The zero-order valence-corrected chi connectivity index (χ0v) is 18.4. The lowest BCUT2D eigenvalue weighted by atomic mass is 10.0. The molecule has 0 amide bonds. The minimum absolute atomic E-state index is 0.243. The maximum Gasteiger partial charge on any atom is 0.267 e. The number of H-pyrrole nitrogens is 1. The topological polar surface area (TPSA) is 101 Å². The van der Waals surface area contributed by atoms with Gasteiger partial charge in [0.25, 0.3) is 5.56 Å². The normalized spacial score (nSPS) is 12.5. The Morgan fingerprint density at radius 1 is 1.30 bits per heavy atom. The number of hydrogen-bond donors (Lipinski definition) is 2. The number of nitrogens with zero attached hydrogens (tertiary/aromatic N) is 5. The molecule has 0 saturated heterocycles. The summed E-state index contributed by atoms with van der Waals surface area (Å²) in [5.74, 6) is 0.0966. The number of rotatable bonds is 4. The van der Waals surface area contributed by atoms with Gasteiger partial charge in [-0.3, -0.25) is 4.79 Å². The van der Waals surface area contributed by atoms with Crippen LogP contribution in [0.4, 0.5) is 10.2 Å². The number of thiazole rings is 1. The number of imidazole rings is 1. The number of hydrogen-bond acceptors (Lipinski definition) is 7. The second kappa shape index (κ2) is 7.40. The van der Waals surface area contributed by atoms with Crippen molar-refractivity contribution < 1.29 is 4.39 Å². The molecule has 0 aliphatic rings. The molecule has 4 aromatic heterocycles. The molecule has 0 saturated carbocycles. The van der Waals surface area contributed by atoms with Gasteiger partial charge in [0.15, 0.2) is 16.4 Å². The molecule has 30 heavy (non-hydrogen) atoms. The number of benzene rings is 1. The van der Waals surface area contributed by atoms with Gasteiger partial charge in [-0.25, -0.2) is 28.7 Å². The predicted molar refractivity (Wildman–Crippen MR) is 121 cm³/mol. The Labute approximate surface area is 186 Å². The van der Waals surface area contributed by atoms with Crippen LogP contribution >= 0.6 is 33.9 Å². The number of aromatic nitrogens is 6. The molecule has 0 aliphatic carbocycles. The molecule has 1 atom stereocenters. The lowest BCUT2D eigenvalue weighted by Gasteiger charge is -2.18. The van der Waals surface area contributed by atoms with Gasteiger partial charge in [0, 0.05) is 5.38 Å². The third kappa shape index (κ3) is 3.13. The fourth-order valence-corrected chi connectivity index (χ4v) is 5.05. The number of aromatic amines is 1. The van der Waals surface area contributed by atoms with Gasteiger partial charge < -0.3 is 10.3 Å². The maximum atomic E-state index is 14.0. The summed E-state index contributed by atoms with van der Waals surface area (Å²) in [5.41, 5.74) is 2.26. The first kappa shape index (κ1) is 19.1. The van der Waals surface area contributed by atoms with Crippen LogP contribution in [0.25, 0.3) is 27.3 Å². The first-order chi connectivity index (χ1) is 14.5. The van der Waals surface area contributed by atoms with E-state index in [1.165, 1.54) is 40.5 Å². The van der Waals surface area contributed by atoms with Crippen LogP contribution in [-0.2, 0) is 0 Å². The summed E-state index contributed by atoms with van der Waals surface area (Å²) in [6, 6.07) is 5.57. The van der Waals surface area contributed by atoms with E-state index in [9.17, 15) is 9.18 Å². The Morgan fingerprint density at radius 2 is 2.17 bits per heavy atom. The molecule has 2 N–H and O–H groups in total. The molecule has 11 heteroatoms. The summed E-state index contributed by atoms with van der Waals surface area (Å²) in [5, 5.41) is 5.14. The van der Waals surface area contributed by atoms with Crippen molar-refractivity contribution in [2.24, 2.45) is 0 Å². The van der Waals surface area contributed by atoms with Crippen molar-refractivity contribution >= 4 is 55.9 Å². The first-order valence-corrected chi connectivity index (χ1v) is 10.8. The van der Waals surface area contributed by atoms with Crippen LogP contribution in [0.1, 0.15) is 18.7 Å². The van der Waals surface area contributed by atoms with Crippen molar-refractivity contribution in [1.29, 1.82) is 0 Å². The van der Waals surface area contributed by atoms with Gasteiger partial charge in [0.1, 0.15) is 17.7 Å². The fraction of sp³-hybridized carbons (Fsp3) is 0.105. The van der Waals surface area contributed by atoms with Crippen LogP contribution in [0.2, 0.25) is 0 Å². The summed E-state index contributed by atoms with van der Waals surface area (Å²) in [6.45, 7) is 1.88. The smallest absolute Gasteiger partial charge is 0.267 e. The summed E-state index contributed by atoms with van der Waals surface area (Å²) in [7, 11) is 0. The van der Waals surface area contributed by atoms with E-state index in [2.05, 4.69) is 47.8 Å². The summed E-state index contributed by atoms with van der Waals surface area (Å²) < 4.78 is 16.3. The molecular weight excluding hydrogens is 520 g/mol. The lowest BCUT2D eigenvalue weighted by molar-refractivity contribution is 0.628. The highest BCUT2D eigenvalue weighted by Gasteiger charge is 2.22. The minimum atomic E-state index is -0.419. The quantitative estimate of drug-likeness (QED) is 0.339. The summed E-state index contributed by atoms with van der Waals surface area (Å²) in [4.78, 5) is 34.3. The van der Waals surface area contributed by atoms with E-state index in [-0.39, 0.29) is 5.56 Å². The molecule has 8 nitrogen and oxygen atoms in total. The third-order valence-electron chi connectivity index (χ3n) is 4.65. The van der Waals surface area contributed by atoms with Gasteiger partial charge in [-0.1, -0.05) is 12.1 Å². The molecule has 0 spiro atoms. The molecule has 5 aromatic rings. The Balaban J connectivity index is 1.70. The minimum Gasteiger partial charge on any atom is -0.360 e. The number of anilines is 1. The van der Waals surface area contributed by atoms with Crippen LogP contribution in [0.15, 0.2) is 47.1 Å². The number of fused-ring (bicyclic) bond motifs is 2. The molecule has 0 bridgehead atoms. The van der Waals surface area contributed by atoms with Crippen molar-refractivity contribution in [1.82, 2.24) is 29.3 Å². The van der Waals surface area contributed by atoms with Crippen molar-refractivity contribution in [3.63, 3.8) is 0 Å². The largest absolute Gasteiger partial charge is 0.360 e. The van der Waals surface area contributed by atoms with E-state index in [0.29, 0.717) is 38.8 Å². The van der Waals surface area contributed by atoms with Crippen LogP contribution in [-0.4, -0.2) is 29.3 Å². The SMILES string of the molecule is CC(Nc1ncnc2[nH]cnc12)c1nc2scc(I)n2c(=O)c1-c1cccc(F)c1. The zero-order valence-electron chi connectivity index (χ0n) is 15.4. The maximum absolute atomic E-state index is 14.0. The molecule has 1 aromatic carbocycles. The Morgan fingerprint density at radius 3 is 3.00 bits per heavy atom. The van der Waals surface area contributed by atoms with Crippen LogP contribution in [0.3, 0.4) is 0 Å². The second-order valence-electron chi connectivity index (χ2n) is 6.55. The first-order valence-electron chi connectivity index (χ1n) is 8.89. The molecule has 1 unspecified atom stereocenters. The predicted octanol–water partition coefficient (Wildman–Crippen LogP) is 4.01. The van der Waals surface area contributed by atoms with Gasteiger partial charge in [-0.2, -0.15) is 0 Å². The average molecular weight is 533 g/mol. The summed E-state index contributed by atoms with van der Waals surface area (Å²) in [6.07, 6.45) is 2.97. The van der Waals surface area contributed by atoms with Gasteiger partial charge in [0.05, 0.1) is 27.3 Å². The summed E-state index contributed by atoms with van der Waals surface area (Å²) >= 11 is 3.47. The highest BCUT2D eigenvalue weighted by atomic mass is 127. The monoisotopic (exact) mass is 533 g/mol. The van der Waals surface area contributed by atoms with Crippen molar-refractivity contribution in [3.8, 4) is 11.1 Å². The number of nitrogens with one attached hydrogen (secondary N) is 2. The Bertz CT molecular complexity index is 1460. The van der Waals surface area contributed by atoms with Gasteiger partial charge in [0.2, 0.25) is 0 Å². The van der Waals surface area contributed by atoms with Crippen LogP contribution in [0, 0.1) is 9.52 Å². The van der Waals surface area contributed by atoms with Crippen molar-refractivity contribution in [2.75, 3.05) is 5.32 Å². The van der Waals surface area contributed by atoms with Gasteiger partial charge in [-0.05, 0) is 47.2 Å². The Kier molecular flexibility index (Phi) is 4.70. The Hall–Kier alpha value is -2.93. The van der Waals surface area contributed by atoms with Crippen molar-refractivity contribution in [2.45, 2.75) is 13.0 Å². The third-order valence-corrected chi connectivity index (χ3v) is 6.69. The lowest BCUT2D eigenvalue weighted by Crippen LogP contribution is -2.23. The fourth-order valence-electron chi connectivity index (χ4n) is 3.31. The number of halogens is 2. The van der Waals surface area contributed by atoms with Crippen molar-refractivity contribution in [3.05, 3.63) is 67.9 Å². The highest BCUT2D eigenvalue weighted by molar-refractivity contribution is 14.1. The molecular formula is C19H13FIN7OS. The van der Waals surface area contributed by atoms with Gasteiger partial charge >= 0.3 is 0 Å². The van der Waals surface area contributed by atoms with E-state index < -0.39 is 11.9 Å². The second-order valence-corrected chi connectivity index (χ2v) is 8.49. The zero-order chi connectivity index (χ0) is 20.8. The van der Waals surface area contributed by atoms with E-state index in [0.717, 1.165) is 3.70 Å². The van der Waals surface area contributed by atoms with E-state index in [1.807, 2.05) is 12.3 Å². The molecule has 4 heterocycles. The molecule has 0 fully saturated rings. The van der Waals surface area contributed by atoms with Crippen LogP contribution in [0.5, 0.6) is 0 Å². The van der Waals surface area contributed by atoms with Crippen LogP contribution < -0.4 is 10.9 Å². The molecule has 5 rings (SSSR count). The van der Waals surface area contributed by atoms with E-state index in [4.69, 9.17) is 4.98 Å². The molecule has 150 valence electrons. The van der Waals surface area contributed by atoms with E-state index in [1.54, 1.807) is 12.1 Å². The average Bonchev–Trinajstić information content (AvgIpc) is 3.35.